The van der Waals surface area contributed by atoms with Gasteiger partial charge < -0.3 is 9.64 Å². The fourth-order valence-corrected chi connectivity index (χ4v) is 2.03. The summed E-state index contributed by atoms with van der Waals surface area (Å²) >= 11 is 0. The van der Waals surface area contributed by atoms with Crippen LogP contribution in [0.15, 0.2) is 0 Å². The fraction of sp³-hybridized carbons (Fsp3) is 1.00. The first-order valence-corrected chi connectivity index (χ1v) is 7.43. The second-order valence-electron chi connectivity index (χ2n) is 5.54. The largest absolute Gasteiger partial charge is 0.381 e. The summed E-state index contributed by atoms with van der Waals surface area (Å²) in [5.41, 5.74) is 0. The average molecular weight is 243 g/mol. The second-order valence-corrected chi connectivity index (χ2v) is 5.54. The van der Waals surface area contributed by atoms with Gasteiger partial charge in [0.2, 0.25) is 0 Å². The van der Waals surface area contributed by atoms with Crippen molar-refractivity contribution in [3.8, 4) is 0 Å². The number of rotatable bonds is 12. The summed E-state index contributed by atoms with van der Waals surface area (Å²) in [6.07, 6.45) is 7.69. The molecule has 0 radical (unpaired) electrons. The Morgan fingerprint density at radius 2 is 1.59 bits per heavy atom. The highest BCUT2D eigenvalue weighted by Crippen LogP contribution is 2.01. The molecule has 17 heavy (non-hydrogen) atoms. The second kappa shape index (κ2) is 12.4. The van der Waals surface area contributed by atoms with Crippen LogP contribution in [-0.2, 0) is 4.74 Å². The van der Waals surface area contributed by atoms with Gasteiger partial charge in [0.1, 0.15) is 0 Å². The van der Waals surface area contributed by atoms with Crippen molar-refractivity contribution in [3.05, 3.63) is 0 Å². The monoisotopic (exact) mass is 243 g/mol. The van der Waals surface area contributed by atoms with Crippen molar-refractivity contribution in [2.75, 3.05) is 33.4 Å². The first kappa shape index (κ1) is 16.9. The zero-order valence-electron chi connectivity index (χ0n) is 12.5. The van der Waals surface area contributed by atoms with Gasteiger partial charge in [-0.15, -0.1) is 0 Å². The van der Waals surface area contributed by atoms with E-state index < -0.39 is 0 Å². The molecule has 2 nitrogen and oxygen atoms in total. The molecule has 0 aromatic rings. The predicted octanol–water partition coefficient (Wildman–Crippen LogP) is 3.95. The van der Waals surface area contributed by atoms with Gasteiger partial charge >= 0.3 is 0 Å². The minimum atomic E-state index is 0.773. The van der Waals surface area contributed by atoms with E-state index in [9.17, 15) is 0 Å². The number of unbranched alkanes of at least 4 members (excludes halogenated alkanes) is 4. The van der Waals surface area contributed by atoms with Crippen molar-refractivity contribution < 1.29 is 4.74 Å². The Hall–Kier alpha value is -0.0800. The SMILES string of the molecule is CCCCCCOCCCCN(C)CC(C)C. The van der Waals surface area contributed by atoms with E-state index in [0.717, 1.165) is 19.1 Å². The standard InChI is InChI=1S/C15H33NO/c1-5-6-7-9-12-17-13-10-8-11-16(4)14-15(2)3/h15H,5-14H2,1-4H3. The molecule has 0 atom stereocenters. The Kier molecular flexibility index (Phi) is 12.3. The normalized spacial score (nSPS) is 11.6. The summed E-state index contributed by atoms with van der Waals surface area (Å²) in [6.45, 7) is 11.1. The maximum atomic E-state index is 5.62. The van der Waals surface area contributed by atoms with Crippen LogP contribution in [0, 0.1) is 5.92 Å². The van der Waals surface area contributed by atoms with Crippen LogP contribution in [0.1, 0.15) is 59.3 Å². The van der Waals surface area contributed by atoms with Gasteiger partial charge in [-0.3, -0.25) is 0 Å². The molecule has 104 valence electrons. The Balaban J connectivity index is 3.07. The van der Waals surface area contributed by atoms with Gasteiger partial charge in [-0.2, -0.15) is 0 Å². The van der Waals surface area contributed by atoms with Crippen LogP contribution in [0.4, 0.5) is 0 Å². The van der Waals surface area contributed by atoms with Crippen LogP contribution in [0.5, 0.6) is 0 Å². The average Bonchev–Trinajstić information content (AvgIpc) is 2.26. The van der Waals surface area contributed by atoms with E-state index in [1.165, 1.54) is 51.6 Å². The molecule has 0 unspecified atom stereocenters. The highest BCUT2D eigenvalue weighted by Gasteiger charge is 2.00. The predicted molar refractivity (Wildman–Crippen MR) is 76.5 cm³/mol. The van der Waals surface area contributed by atoms with Crippen molar-refractivity contribution in [2.24, 2.45) is 5.92 Å². The summed E-state index contributed by atoms with van der Waals surface area (Å²) in [6, 6.07) is 0. The summed E-state index contributed by atoms with van der Waals surface area (Å²) in [5.74, 6) is 0.773. The smallest absolute Gasteiger partial charge is 0.0466 e. The fourth-order valence-electron chi connectivity index (χ4n) is 2.03. The molecule has 2 heteroatoms. The molecule has 0 fully saturated rings. The van der Waals surface area contributed by atoms with Crippen LogP contribution in [0.2, 0.25) is 0 Å². The molecule has 0 spiro atoms. The highest BCUT2D eigenvalue weighted by molar-refractivity contribution is 4.54. The molecule has 0 amide bonds. The molecule has 0 rings (SSSR count). The maximum Gasteiger partial charge on any atom is 0.0466 e. The summed E-state index contributed by atoms with van der Waals surface area (Å²) in [7, 11) is 2.21. The first-order valence-electron chi connectivity index (χ1n) is 7.43. The van der Waals surface area contributed by atoms with Crippen molar-refractivity contribution in [1.82, 2.24) is 4.90 Å². The van der Waals surface area contributed by atoms with Crippen molar-refractivity contribution >= 4 is 0 Å². The molecule has 0 saturated heterocycles. The van der Waals surface area contributed by atoms with Gasteiger partial charge in [0.15, 0.2) is 0 Å². The number of nitrogens with zero attached hydrogens (tertiary/aromatic N) is 1. The van der Waals surface area contributed by atoms with E-state index >= 15 is 0 Å². The molecular formula is C15H33NO. The summed E-state index contributed by atoms with van der Waals surface area (Å²) < 4.78 is 5.62. The summed E-state index contributed by atoms with van der Waals surface area (Å²) in [4.78, 5) is 2.42. The first-order chi connectivity index (χ1) is 8.16. The molecule has 0 heterocycles. The van der Waals surface area contributed by atoms with Gasteiger partial charge in [-0.25, -0.2) is 0 Å². The molecule has 0 aliphatic carbocycles. The van der Waals surface area contributed by atoms with E-state index in [1.807, 2.05) is 0 Å². The Labute approximate surface area is 109 Å². The number of ether oxygens (including phenoxy) is 1. The molecule has 0 aromatic carbocycles. The molecule has 0 saturated carbocycles. The van der Waals surface area contributed by atoms with Crippen LogP contribution in [0.25, 0.3) is 0 Å². The van der Waals surface area contributed by atoms with E-state index in [-0.39, 0.29) is 0 Å². The van der Waals surface area contributed by atoms with E-state index in [0.29, 0.717) is 0 Å². The Morgan fingerprint density at radius 3 is 2.18 bits per heavy atom. The van der Waals surface area contributed by atoms with Crippen LogP contribution >= 0.6 is 0 Å². The van der Waals surface area contributed by atoms with Gasteiger partial charge in [-0.1, -0.05) is 40.0 Å². The van der Waals surface area contributed by atoms with Crippen LogP contribution in [-0.4, -0.2) is 38.3 Å². The van der Waals surface area contributed by atoms with E-state index in [2.05, 4.69) is 32.7 Å². The third kappa shape index (κ3) is 13.9. The Morgan fingerprint density at radius 1 is 0.941 bits per heavy atom. The van der Waals surface area contributed by atoms with Gasteiger partial charge in [0.05, 0.1) is 0 Å². The molecular weight excluding hydrogens is 210 g/mol. The maximum absolute atomic E-state index is 5.62. The minimum absolute atomic E-state index is 0.773. The zero-order valence-corrected chi connectivity index (χ0v) is 12.5. The van der Waals surface area contributed by atoms with Crippen molar-refractivity contribution in [1.29, 1.82) is 0 Å². The van der Waals surface area contributed by atoms with Gasteiger partial charge in [0, 0.05) is 19.8 Å². The van der Waals surface area contributed by atoms with E-state index in [1.54, 1.807) is 0 Å². The van der Waals surface area contributed by atoms with Crippen molar-refractivity contribution in [3.63, 3.8) is 0 Å². The van der Waals surface area contributed by atoms with Gasteiger partial charge in [-0.05, 0) is 38.8 Å². The quantitative estimate of drug-likeness (QED) is 0.481. The van der Waals surface area contributed by atoms with Gasteiger partial charge in [0.25, 0.3) is 0 Å². The highest BCUT2D eigenvalue weighted by atomic mass is 16.5. The third-order valence-electron chi connectivity index (χ3n) is 2.90. The molecule has 0 N–H and O–H groups in total. The molecule has 0 aliphatic heterocycles. The molecule has 0 aliphatic rings. The van der Waals surface area contributed by atoms with Crippen molar-refractivity contribution in [2.45, 2.75) is 59.3 Å². The van der Waals surface area contributed by atoms with Crippen LogP contribution < -0.4 is 0 Å². The van der Waals surface area contributed by atoms with E-state index in [4.69, 9.17) is 4.74 Å². The lowest BCUT2D eigenvalue weighted by atomic mass is 10.2. The lowest BCUT2D eigenvalue weighted by molar-refractivity contribution is 0.123. The van der Waals surface area contributed by atoms with Crippen LogP contribution in [0.3, 0.4) is 0 Å². The molecule has 0 aromatic heterocycles. The lowest BCUT2D eigenvalue weighted by Gasteiger charge is -2.18. The summed E-state index contributed by atoms with van der Waals surface area (Å²) in [5, 5.41) is 0. The Bertz CT molecular complexity index is 148. The minimum Gasteiger partial charge on any atom is -0.381 e. The number of hydrogen-bond donors (Lipinski definition) is 0. The number of hydrogen-bond acceptors (Lipinski definition) is 2. The zero-order chi connectivity index (χ0) is 12.9. The topological polar surface area (TPSA) is 12.5 Å². The molecule has 0 bridgehead atoms. The lowest BCUT2D eigenvalue weighted by Crippen LogP contribution is -2.24. The third-order valence-corrected chi connectivity index (χ3v) is 2.90.